The van der Waals surface area contributed by atoms with Crippen LogP contribution < -0.4 is 10.1 Å². The molecule has 1 aliphatic rings. The molecule has 106 valence electrons. The van der Waals surface area contributed by atoms with E-state index in [4.69, 9.17) is 0 Å². The zero-order valence-corrected chi connectivity index (χ0v) is 11.1. The Balaban J connectivity index is 1.90. The van der Waals surface area contributed by atoms with Crippen LogP contribution in [0.5, 0.6) is 5.75 Å². The molecule has 0 saturated carbocycles. The summed E-state index contributed by atoms with van der Waals surface area (Å²) in [5, 5.41) is 3.97. The summed E-state index contributed by atoms with van der Waals surface area (Å²) in [6, 6.07) is 5.92. The maximum absolute atomic E-state index is 12.2. The van der Waals surface area contributed by atoms with Gasteiger partial charge in [-0.15, -0.1) is 24.5 Å². The second-order valence-corrected chi connectivity index (χ2v) is 5.47. The Labute approximate surface area is 117 Å². The molecule has 20 heavy (non-hydrogen) atoms. The average Bonchev–Trinajstić information content (AvgIpc) is 2.80. The molecular weight excluding hydrogens is 289 g/mol. The molecule has 2 aromatic rings. The Morgan fingerprint density at radius 3 is 2.90 bits per heavy atom. The lowest BCUT2D eigenvalue weighted by atomic mass is 10.2. The molecule has 1 aromatic heterocycles. The number of nitrogens with one attached hydrogen (secondary N) is 1. The average molecular weight is 300 g/mol. The molecule has 1 N–H and O–H groups in total. The highest BCUT2D eigenvalue weighted by atomic mass is 32.1. The first-order valence-electron chi connectivity index (χ1n) is 6.07. The van der Waals surface area contributed by atoms with Gasteiger partial charge in [-0.25, -0.2) is 4.98 Å². The van der Waals surface area contributed by atoms with Gasteiger partial charge >= 0.3 is 6.36 Å². The Bertz CT molecular complexity index is 601. The molecule has 0 unspecified atom stereocenters. The highest BCUT2D eigenvalue weighted by molar-refractivity contribution is 7.15. The van der Waals surface area contributed by atoms with Crippen LogP contribution in [0, 0.1) is 0 Å². The summed E-state index contributed by atoms with van der Waals surface area (Å²) in [5.41, 5.74) is 1.68. The van der Waals surface area contributed by atoms with Crippen LogP contribution >= 0.6 is 11.3 Å². The predicted octanol–water partition coefficient (Wildman–Crippen LogP) is 3.35. The molecule has 0 fully saturated rings. The topological polar surface area (TPSA) is 34.1 Å². The van der Waals surface area contributed by atoms with E-state index in [2.05, 4.69) is 15.0 Å². The van der Waals surface area contributed by atoms with Crippen molar-refractivity contribution in [1.82, 2.24) is 10.3 Å². The minimum Gasteiger partial charge on any atom is -0.406 e. The van der Waals surface area contributed by atoms with Crippen molar-refractivity contribution in [3.8, 4) is 16.3 Å². The second-order valence-electron chi connectivity index (χ2n) is 4.39. The highest BCUT2D eigenvalue weighted by Crippen LogP contribution is 2.32. The maximum atomic E-state index is 12.2. The molecule has 3 nitrogen and oxygen atoms in total. The SMILES string of the molecule is FC(F)(F)Oc1cccc(-c2nc3c(s2)CNCC3)c1. The van der Waals surface area contributed by atoms with E-state index in [-0.39, 0.29) is 5.75 Å². The van der Waals surface area contributed by atoms with E-state index in [0.717, 1.165) is 35.1 Å². The third kappa shape index (κ3) is 2.94. The van der Waals surface area contributed by atoms with Crippen LogP contribution in [0.4, 0.5) is 13.2 Å². The van der Waals surface area contributed by atoms with E-state index < -0.39 is 6.36 Å². The lowest BCUT2D eigenvalue weighted by molar-refractivity contribution is -0.274. The fourth-order valence-corrected chi connectivity index (χ4v) is 3.15. The summed E-state index contributed by atoms with van der Waals surface area (Å²) in [6.07, 6.45) is -3.82. The molecule has 0 radical (unpaired) electrons. The molecule has 1 aromatic carbocycles. The van der Waals surface area contributed by atoms with E-state index >= 15 is 0 Å². The van der Waals surface area contributed by atoms with Crippen LogP contribution in [0.1, 0.15) is 10.6 Å². The number of ether oxygens (including phenoxy) is 1. The molecule has 0 spiro atoms. The standard InChI is InChI=1S/C13H11F3N2OS/c14-13(15,16)19-9-3-1-2-8(6-9)12-18-10-4-5-17-7-11(10)20-12/h1-3,6,17H,4-5,7H2. The summed E-state index contributed by atoms with van der Waals surface area (Å²) in [6.45, 7) is 1.65. The van der Waals surface area contributed by atoms with Crippen LogP contribution in [0.15, 0.2) is 24.3 Å². The molecule has 1 aliphatic heterocycles. The predicted molar refractivity (Wildman–Crippen MR) is 69.6 cm³/mol. The molecule has 0 amide bonds. The Morgan fingerprint density at radius 2 is 2.15 bits per heavy atom. The van der Waals surface area contributed by atoms with Crippen LogP contribution in [-0.4, -0.2) is 17.9 Å². The molecule has 0 aliphatic carbocycles. The van der Waals surface area contributed by atoms with Crippen molar-refractivity contribution in [3.05, 3.63) is 34.8 Å². The molecular formula is C13H11F3N2OS. The van der Waals surface area contributed by atoms with Crippen LogP contribution in [0.25, 0.3) is 10.6 Å². The summed E-state index contributed by atoms with van der Waals surface area (Å²) in [5.74, 6) is -0.221. The zero-order chi connectivity index (χ0) is 14.2. The number of aromatic nitrogens is 1. The lowest BCUT2D eigenvalue weighted by Crippen LogP contribution is -2.22. The first-order valence-corrected chi connectivity index (χ1v) is 6.88. The zero-order valence-electron chi connectivity index (χ0n) is 10.3. The Hall–Kier alpha value is -1.60. The van der Waals surface area contributed by atoms with Gasteiger partial charge in [0, 0.05) is 30.0 Å². The summed E-state index contributed by atoms with van der Waals surface area (Å²) >= 11 is 1.50. The maximum Gasteiger partial charge on any atom is 0.573 e. The van der Waals surface area contributed by atoms with Crippen LogP contribution in [-0.2, 0) is 13.0 Å². The normalized spacial score (nSPS) is 14.9. The fraction of sp³-hybridized carbons (Fsp3) is 0.308. The molecule has 0 saturated heterocycles. The van der Waals surface area contributed by atoms with E-state index in [9.17, 15) is 13.2 Å². The van der Waals surface area contributed by atoms with Gasteiger partial charge in [0.25, 0.3) is 0 Å². The van der Waals surface area contributed by atoms with Gasteiger partial charge in [-0.05, 0) is 12.1 Å². The van der Waals surface area contributed by atoms with Gasteiger partial charge in [-0.1, -0.05) is 12.1 Å². The number of fused-ring (bicyclic) bond motifs is 1. The Kier molecular flexibility index (Phi) is 3.39. The minimum absolute atomic E-state index is 0.221. The Morgan fingerprint density at radius 1 is 1.30 bits per heavy atom. The fourth-order valence-electron chi connectivity index (χ4n) is 2.08. The number of hydrogen-bond acceptors (Lipinski definition) is 4. The number of benzene rings is 1. The van der Waals surface area contributed by atoms with E-state index in [0.29, 0.717) is 5.56 Å². The number of halogens is 3. The first kappa shape index (κ1) is 13.4. The number of hydrogen-bond donors (Lipinski definition) is 1. The van der Waals surface area contributed by atoms with E-state index in [1.165, 1.54) is 29.5 Å². The van der Waals surface area contributed by atoms with Gasteiger partial charge in [-0.3, -0.25) is 0 Å². The summed E-state index contributed by atoms with van der Waals surface area (Å²) < 4.78 is 40.6. The van der Waals surface area contributed by atoms with E-state index in [1.807, 2.05) is 0 Å². The van der Waals surface area contributed by atoms with E-state index in [1.54, 1.807) is 6.07 Å². The van der Waals surface area contributed by atoms with Crippen molar-refractivity contribution in [2.75, 3.05) is 6.54 Å². The van der Waals surface area contributed by atoms with Crippen molar-refractivity contribution < 1.29 is 17.9 Å². The van der Waals surface area contributed by atoms with Gasteiger partial charge in [0.1, 0.15) is 10.8 Å². The van der Waals surface area contributed by atoms with Gasteiger partial charge in [0.2, 0.25) is 0 Å². The lowest BCUT2D eigenvalue weighted by Gasteiger charge is -2.09. The first-order chi connectivity index (χ1) is 9.51. The number of thiazole rings is 1. The molecule has 7 heteroatoms. The van der Waals surface area contributed by atoms with Crippen molar-refractivity contribution in [2.24, 2.45) is 0 Å². The number of rotatable bonds is 2. The number of nitrogens with zero attached hydrogens (tertiary/aromatic N) is 1. The molecule has 2 heterocycles. The van der Waals surface area contributed by atoms with Crippen molar-refractivity contribution in [2.45, 2.75) is 19.3 Å². The summed E-state index contributed by atoms with van der Waals surface area (Å²) in [4.78, 5) is 5.65. The third-order valence-corrected chi connectivity index (χ3v) is 4.06. The van der Waals surface area contributed by atoms with Gasteiger partial charge in [0.15, 0.2) is 0 Å². The number of alkyl halides is 3. The largest absolute Gasteiger partial charge is 0.573 e. The van der Waals surface area contributed by atoms with Crippen molar-refractivity contribution in [1.29, 1.82) is 0 Å². The summed E-state index contributed by atoms with van der Waals surface area (Å²) in [7, 11) is 0. The highest BCUT2D eigenvalue weighted by Gasteiger charge is 2.31. The monoisotopic (exact) mass is 300 g/mol. The molecule has 0 atom stereocenters. The van der Waals surface area contributed by atoms with Crippen LogP contribution in [0.2, 0.25) is 0 Å². The second kappa shape index (κ2) is 5.06. The van der Waals surface area contributed by atoms with Crippen molar-refractivity contribution >= 4 is 11.3 Å². The molecule has 3 rings (SSSR count). The quantitative estimate of drug-likeness (QED) is 0.923. The molecule has 0 bridgehead atoms. The smallest absolute Gasteiger partial charge is 0.406 e. The van der Waals surface area contributed by atoms with Gasteiger partial charge in [-0.2, -0.15) is 0 Å². The van der Waals surface area contributed by atoms with Gasteiger partial charge in [0.05, 0.1) is 5.69 Å². The third-order valence-electron chi connectivity index (χ3n) is 2.92. The van der Waals surface area contributed by atoms with Crippen molar-refractivity contribution in [3.63, 3.8) is 0 Å². The van der Waals surface area contributed by atoms with Crippen LogP contribution in [0.3, 0.4) is 0 Å². The van der Waals surface area contributed by atoms with Gasteiger partial charge < -0.3 is 10.1 Å². The minimum atomic E-state index is -4.68.